The Morgan fingerprint density at radius 3 is 2.62 bits per heavy atom. The topological polar surface area (TPSA) is 36.7 Å². The van der Waals surface area contributed by atoms with Gasteiger partial charge in [-0.05, 0) is 30.7 Å². The van der Waals surface area contributed by atoms with Crippen molar-refractivity contribution in [1.82, 2.24) is 4.98 Å². The summed E-state index contributed by atoms with van der Waals surface area (Å²) in [7, 11) is 0. The zero-order valence-electron chi connectivity index (χ0n) is 9.58. The van der Waals surface area contributed by atoms with Crippen LogP contribution in [0.15, 0.2) is 24.4 Å². The average Bonchev–Trinajstić information content (AvgIpc) is 2.32. The van der Waals surface area contributed by atoms with Crippen molar-refractivity contribution in [3.8, 4) is 6.07 Å². The molecule has 0 radical (unpaired) electrons. The minimum atomic E-state index is -0.398. The van der Waals surface area contributed by atoms with Crippen molar-refractivity contribution in [1.29, 1.82) is 5.26 Å². The van der Waals surface area contributed by atoms with E-state index in [-0.39, 0.29) is 5.56 Å². The van der Waals surface area contributed by atoms with Crippen molar-refractivity contribution in [3.05, 3.63) is 41.3 Å². The molecule has 2 aromatic rings. The van der Waals surface area contributed by atoms with Gasteiger partial charge in [-0.15, -0.1) is 0 Å². The number of fused-ring (bicyclic) bond motifs is 1. The largest absolute Gasteiger partial charge is 0.255 e. The lowest BCUT2D eigenvalue weighted by Gasteiger charge is -2.02. The summed E-state index contributed by atoms with van der Waals surface area (Å²) in [5.74, 6) is -0.398. The zero-order valence-corrected chi connectivity index (χ0v) is 9.58. The first-order valence-corrected chi connectivity index (χ1v) is 5.17. The lowest BCUT2D eigenvalue weighted by molar-refractivity contribution is 0.629. The van der Waals surface area contributed by atoms with Crippen LogP contribution in [0.25, 0.3) is 10.9 Å². The number of nitriles is 1. The molecule has 0 bridgehead atoms. The highest BCUT2D eigenvalue weighted by Gasteiger charge is 2.06. The molecule has 1 aromatic carbocycles. The van der Waals surface area contributed by atoms with Gasteiger partial charge >= 0.3 is 0 Å². The molecule has 0 aliphatic rings. The highest BCUT2D eigenvalue weighted by molar-refractivity contribution is 5.86. The average molecular weight is 216 g/mol. The maximum atomic E-state index is 13.1. The molecule has 0 saturated carbocycles. The molecule has 1 heterocycles. The Hall–Kier alpha value is -1.95. The number of nitrogens with zero attached hydrogens (tertiary/aromatic N) is 2. The fraction of sp³-hybridized carbons (Fsp3) is 0.231. The van der Waals surface area contributed by atoms with Crippen molar-refractivity contribution in [2.75, 3.05) is 0 Å². The van der Waals surface area contributed by atoms with Gasteiger partial charge < -0.3 is 0 Å². The fourth-order valence-electron chi connectivity index (χ4n) is 1.44. The van der Waals surface area contributed by atoms with E-state index in [2.05, 4.69) is 4.98 Å². The van der Waals surface area contributed by atoms with Crippen LogP contribution < -0.4 is 0 Å². The summed E-state index contributed by atoms with van der Waals surface area (Å²) < 4.78 is 13.1. The van der Waals surface area contributed by atoms with Crippen LogP contribution in [-0.2, 0) is 0 Å². The summed E-state index contributed by atoms with van der Waals surface area (Å²) >= 11 is 0. The Morgan fingerprint density at radius 2 is 2.00 bits per heavy atom. The Bertz CT molecular complexity index is 541. The van der Waals surface area contributed by atoms with E-state index in [0.29, 0.717) is 10.9 Å². The van der Waals surface area contributed by atoms with E-state index in [1.54, 1.807) is 12.3 Å². The predicted molar refractivity (Wildman–Crippen MR) is 62.5 cm³/mol. The number of rotatable bonds is 0. The van der Waals surface area contributed by atoms with E-state index < -0.39 is 5.82 Å². The molecule has 0 N–H and O–H groups in total. The van der Waals surface area contributed by atoms with Gasteiger partial charge in [0.25, 0.3) is 0 Å². The summed E-state index contributed by atoms with van der Waals surface area (Å²) in [4.78, 5) is 4.06. The number of hydrogen-bond acceptors (Lipinski definition) is 2. The highest BCUT2D eigenvalue weighted by Crippen LogP contribution is 2.20. The smallest absolute Gasteiger partial charge is 0.125 e. The number of halogens is 1. The molecule has 0 atom stereocenters. The quantitative estimate of drug-likeness (QED) is 0.674. The van der Waals surface area contributed by atoms with Crippen LogP contribution in [0.5, 0.6) is 0 Å². The summed E-state index contributed by atoms with van der Waals surface area (Å²) in [5.41, 5.74) is 1.77. The SMILES string of the molecule is CC.Cc1ccnc2c(C#N)cc(F)cc12. The standard InChI is InChI=1S/C11H7FN2.C2H6/c1-7-2-3-14-11-8(6-13)4-9(12)5-10(7)11;1-2/h2-5H,1H3;1-2H3. The zero-order chi connectivity index (χ0) is 12.1. The molecule has 16 heavy (non-hydrogen) atoms. The Balaban J connectivity index is 0.000000606. The third kappa shape index (κ3) is 2.17. The van der Waals surface area contributed by atoms with Gasteiger partial charge in [-0.1, -0.05) is 13.8 Å². The second kappa shape index (κ2) is 5.22. The highest BCUT2D eigenvalue weighted by atomic mass is 19.1. The summed E-state index contributed by atoms with van der Waals surface area (Å²) in [6, 6.07) is 6.33. The molecule has 0 unspecified atom stereocenters. The molecule has 2 rings (SSSR count). The second-order valence-corrected chi connectivity index (χ2v) is 3.09. The number of hydrogen-bond donors (Lipinski definition) is 0. The number of pyridine rings is 1. The van der Waals surface area contributed by atoms with E-state index in [1.165, 1.54) is 12.1 Å². The molecule has 0 spiro atoms. The Morgan fingerprint density at radius 1 is 1.31 bits per heavy atom. The molecule has 3 heteroatoms. The molecule has 1 aromatic heterocycles. The fourth-order valence-corrected chi connectivity index (χ4v) is 1.44. The maximum Gasteiger partial charge on any atom is 0.125 e. The molecule has 0 amide bonds. The summed E-state index contributed by atoms with van der Waals surface area (Å²) in [6.45, 7) is 5.87. The lowest BCUT2D eigenvalue weighted by Crippen LogP contribution is -1.88. The lowest BCUT2D eigenvalue weighted by atomic mass is 10.1. The monoisotopic (exact) mass is 216 g/mol. The van der Waals surface area contributed by atoms with Gasteiger partial charge in [-0.2, -0.15) is 5.26 Å². The van der Waals surface area contributed by atoms with Crippen molar-refractivity contribution in [3.63, 3.8) is 0 Å². The van der Waals surface area contributed by atoms with Gasteiger partial charge in [-0.3, -0.25) is 4.98 Å². The van der Waals surface area contributed by atoms with Crippen LogP contribution in [0.3, 0.4) is 0 Å². The number of benzene rings is 1. The summed E-state index contributed by atoms with van der Waals surface area (Å²) in [5, 5.41) is 9.49. The van der Waals surface area contributed by atoms with Gasteiger partial charge in [0.05, 0.1) is 11.1 Å². The maximum absolute atomic E-state index is 13.1. The number of aryl methyl sites for hydroxylation is 1. The minimum Gasteiger partial charge on any atom is -0.255 e. The minimum absolute atomic E-state index is 0.281. The first kappa shape index (κ1) is 12.1. The Labute approximate surface area is 94.4 Å². The van der Waals surface area contributed by atoms with Crippen LogP contribution in [0, 0.1) is 24.1 Å². The third-order valence-electron chi connectivity index (χ3n) is 2.15. The number of aromatic nitrogens is 1. The van der Waals surface area contributed by atoms with Gasteiger partial charge in [0.15, 0.2) is 0 Å². The van der Waals surface area contributed by atoms with Gasteiger partial charge in [-0.25, -0.2) is 4.39 Å². The molecule has 0 aliphatic carbocycles. The van der Waals surface area contributed by atoms with Crippen molar-refractivity contribution >= 4 is 10.9 Å². The molecule has 0 aliphatic heterocycles. The first-order chi connectivity index (χ1) is 7.72. The molecule has 0 saturated heterocycles. The molecule has 2 nitrogen and oxygen atoms in total. The van der Waals surface area contributed by atoms with Crippen LogP contribution in [0.1, 0.15) is 25.0 Å². The van der Waals surface area contributed by atoms with Crippen molar-refractivity contribution < 1.29 is 4.39 Å². The van der Waals surface area contributed by atoms with Crippen LogP contribution in [0.2, 0.25) is 0 Å². The second-order valence-electron chi connectivity index (χ2n) is 3.09. The van der Waals surface area contributed by atoms with E-state index in [0.717, 1.165) is 5.56 Å². The van der Waals surface area contributed by atoms with Gasteiger partial charge in [0, 0.05) is 11.6 Å². The molecular weight excluding hydrogens is 203 g/mol. The van der Waals surface area contributed by atoms with E-state index in [9.17, 15) is 4.39 Å². The van der Waals surface area contributed by atoms with Crippen molar-refractivity contribution in [2.24, 2.45) is 0 Å². The van der Waals surface area contributed by atoms with Crippen molar-refractivity contribution in [2.45, 2.75) is 20.8 Å². The van der Waals surface area contributed by atoms with Crippen LogP contribution in [0.4, 0.5) is 4.39 Å². The van der Waals surface area contributed by atoms with E-state index >= 15 is 0 Å². The Kier molecular flexibility index (Phi) is 3.96. The molecule has 0 fully saturated rings. The third-order valence-corrected chi connectivity index (χ3v) is 2.15. The van der Waals surface area contributed by atoms with E-state index in [4.69, 9.17) is 5.26 Å². The summed E-state index contributed by atoms with van der Waals surface area (Å²) in [6.07, 6.45) is 1.62. The van der Waals surface area contributed by atoms with Crippen LogP contribution >= 0.6 is 0 Å². The normalized spacial score (nSPS) is 9.19. The van der Waals surface area contributed by atoms with E-state index in [1.807, 2.05) is 26.8 Å². The predicted octanol–water partition coefficient (Wildman–Crippen LogP) is 3.58. The molecule has 82 valence electrons. The first-order valence-electron chi connectivity index (χ1n) is 5.17. The van der Waals surface area contributed by atoms with Gasteiger partial charge in [0.1, 0.15) is 11.9 Å². The van der Waals surface area contributed by atoms with Crippen LogP contribution in [-0.4, -0.2) is 4.98 Å². The molecular formula is C13H13FN2. The van der Waals surface area contributed by atoms with Gasteiger partial charge in [0.2, 0.25) is 0 Å².